The van der Waals surface area contributed by atoms with Crippen molar-refractivity contribution in [3.63, 3.8) is 0 Å². The minimum absolute atomic E-state index is 0.0120. The Morgan fingerprint density at radius 3 is 2.56 bits per heavy atom. The summed E-state index contributed by atoms with van der Waals surface area (Å²) in [7, 11) is 3.15. The molecule has 9 atom stereocenters. The van der Waals surface area contributed by atoms with E-state index < -0.39 is 0 Å². The second kappa shape index (κ2) is 9.37. The average Bonchev–Trinajstić information content (AvgIpc) is 3.13. The lowest BCUT2D eigenvalue weighted by Gasteiger charge is -2.62. The number of carbonyl (C=O) groups is 2. The molecule has 32 heavy (non-hydrogen) atoms. The molecule has 0 heterocycles. The molecule has 4 rings (SSSR count). The number of fused-ring (bicyclic) bond motifs is 5. The van der Waals surface area contributed by atoms with Crippen LogP contribution in [-0.4, -0.2) is 38.9 Å². The molecule has 0 aromatic carbocycles. The van der Waals surface area contributed by atoms with Crippen molar-refractivity contribution < 1.29 is 23.8 Å². The zero-order chi connectivity index (χ0) is 23.1. The summed E-state index contributed by atoms with van der Waals surface area (Å²) in [6, 6.07) is 0. The zero-order valence-corrected chi connectivity index (χ0v) is 20.9. The van der Waals surface area contributed by atoms with Gasteiger partial charge in [0.05, 0.1) is 13.2 Å². The number of carbonyl (C=O) groups excluding carboxylic acids is 2. The third-order valence-electron chi connectivity index (χ3n) is 10.7. The molecule has 4 saturated carbocycles. The molecule has 0 amide bonds. The molecular weight excluding hydrogens is 404 g/mol. The van der Waals surface area contributed by atoms with Gasteiger partial charge in [-0.1, -0.05) is 20.8 Å². The van der Waals surface area contributed by atoms with Gasteiger partial charge in [0.15, 0.2) is 0 Å². The van der Waals surface area contributed by atoms with Gasteiger partial charge in [0.2, 0.25) is 0 Å². The van der Waals surface area contributed by atoms with Gasteiger partial charge < -0.3 is 14.2 Å². The molecule has 5 heteroatoms. The van der Waals surface area contributed by atoms with E-state index in [0.717, 1.165) is 31.1 Å². The van der Waals surface area contributed by atoms with E-state index in [4.69, 9.17) is 14.2 Å². The van der Waals surface area contributed by atoms with Crippen molar-refractivity contribution in [1.82, 2.24) is 0 Å². The normalized spacial score (nSPS) is 44.3. The number of ether oxygens (including phenoxy) is 3. The number of methoxy groups -OCH3 is 2. The maximum atomic E-state index is 12.5. The lowest BCUT2D eigenvalue weighted by atomic mass is 9.43. The van der Waals surface area contributed by atoms with Crippen molar-refractivity contribution in [3.8, 4) is 0 Å². The first-order valence-electron chi connectivity index (χ1n) is 12.9. The van der Waals surface area contributed by atoms with Crippen LogP contribution in [0.25, 0.3) is 0 Å². The molecule has 4 aliphatic carbocycles. The number of rotatable bonds is 7. The lowest BCUT2D eigenvalue weighted by Crippen LogP contribution is -2.59. The number of esters is 1. The fraction of sp³-hybridized carbons (Fsp3) is 0.926. The molecule has 0 aliphatic heterocycles. The molecule has 0 bridgehead atoms. The summed E-state index contributed by atoms with van der Waals surface area (Å²) in [6.07, 6.45) is 10.3. The predicted octanol–water partition coefficient (Wildman–Crippen LogP) is 5.40. The second-order valence-electron chi connectivity index (χ2n) is 11.8. The Kier molecular flexibility index (Phi) is 7.08. The molecule has 0 saturated heterocycles. The van der Waals surface area contributed by atoms with Crippen LogP contribution < -0.4 is 0 Å². The van der Waals surface area contributed by atoms with Crippen LogP contribution >= 0.6 is 0 Å². The lowest BCUT2D eigenvalue weighted by molar-refractivity contribution is -0.203. The Hall–Kier alpha value is -0.940. The molecule has 4 aliphatic rings. The van der Waals surface area contributed by atoms with Crippen molar-refractivity contribution in [2.24, 2.45) is 46.3 Å². The fourth-order valence-corrected chi connectivity index (χ4v) is 9.09. The van der Waals surface area contributed by atoms with E-state index in [2.05, 4.69) is 20.8 Å². The molecule has 0 aromatic rings. The molecule has 0 spiro atoms. The Balaban J connectivity index is 1.53. The standard InChI is InChI=1S/C27H44O5/c1-17(6-11-25(29)31-5)21-9-10-22-20-8-7-18-14-19(28)15-24(32-16-30-4)27(18,3)23(20)12-13-26(21,22)2/h17-18,20-24H,6-16H2,1-5H3/t17-,18-,20+,21-,22+,23+,24?,26-,27+/m1/s1. The average molecular weight is 449 g/mol. The van der Waals surface area contributed by atoms with Gasteiger partial charge in [-0.15, -0.1) is 0 Å². The monoisotopic (exact) mass is 448 g/mol. The zero-order valence-electron chi connectivity index (χ0n) is 20.9. The highest BCUT2D eigenvalue weighted by Gasteiger charge is 2.63. The largest absolute Gasteiger partial charge is 0.469 e. The van der Waals surface area contributed by atoms with Crippen LogP contribution in [0, 0.1) is 46.3 Å². The van der Waals surface area contributed by atoms with Crippen molar-refractivity contribution in [2.45, 2.75) is 91.1 Å². The van der Waals surface area contributed by atoms with Crippen LogP contribution in [0.4, 0.5) is 0 Å². The summed E-state index contributed by atoms with van der Waals surface area (Å²) in [6.45, 7) is 7.62. The summed E-state index contributed by atoms with van der Waals surface area (Å²) in [5.41, 5.74) is 0.443. The van der Waals surface area contributed by atoms with Gasteiger partial charge in [-0.05, 0) is 85.9 Å². The Morgan fingerprint density at radius 1 is 1.06 bits per heavy atom. The molecular formula is C27H44O5. The molecule has 1 unspecified atom stereocenters. The summed E-state index contributed by atoms with van der Waals surface area (Å²) in [5.74, 6) is 4.11. The van der Waals surface area contributed by atoms with Crippen LogP contribution in [0.3, 0.4) is 0 Å². The highest BCUT2D eigenvalue weighted by atomic mass is 16.7. The molecule has 0 N–H and O–H groups in total. The van der Waals surface area contributed by atoms with E-state index in [1.807, 2.05) is 0 Å². The van der Waals surface area contributed by atoms with Crippen molar-refractivity contribution >= 4 is 11.8 Å². The Bertz CT molecular complexity index is 706. The Morgan fingerprint density at radius 2 is 1.84 bits per heavy atom. The van der Waals surface area contributed by atoms with Crippen molar-refractivity contribution in [3.05, 3.63) is 0 Å². The van der Waals surface area contributed by atoms with Crippen LogP contribution in [0.5, 0.6) is 0 Å². The van der Waals surface area contributed by atoms with Crippen LogP contribution in [0.2, 0.25) is 0 Å². The number of hydrogen-bond acceptors (Lipinski definition) is 5. The minimum Gasteiger partial charge on any atom is -0.469 e. The minimum atomic E-state index is -0.0829. The smallest absolute Gasteiger partial charge is 0.305 e. The summed E-state index contributed by atoms with van der Waals surface area (Å²) >= 11 is 0. The van der Waals surface area contributed by atoms with Gasteiger partial charge in [0.1, 0.15) is 12.6 Å². The van der Waals surface area contributed by atoms with Crippen LogP contribution in [0.15, 0.2) is 0 Å². The topological polar surface area (TPSA) is 61.8 Å². The van der Waals surface area contributed by atoms with E-state index in [0.29, 0.717) is 47.7 Å². The first-order valence-corrected chi connectivity index (χ1v) is 12.9. The van der Waals surface area contributed by atoms with Gasteiger partial charge in [0.25, 0.3) is 0 Å². The maximum Gasteiger partial charge on any atom is 0.305 e. The van der Waals surface area contributed by atoms with E-state index in [-0.39, 0.29) is 24.3 Å². The van der Waals surface area contributed by atoms with Gasteiger partial charge >= 0.3 is 5.97 Å². The summed E-state index contributed by atoms with van der Waals surface area (Å²) < 4.78 is 16.3. The van der Waals surface area contributed by atoms with E-state index in [1.54, 1.807) is 7.11 Å². The molecule has 5 nitrogen and oxygen atoms in total. The first-order chi connectivity index (χ1) is 15.3. The summed E-state index contributed by atoms with van der Waals surface area (Å²) in [5, 5.41) is 0. The van der Waals surface area contributed by atoms with E-state index in [1.165, 1.54) is 39.2 Å². The maximum absolute atomic E-state index is 12.5. The first kappa shape index (κ1) is 24.2. The van der Waals surface area contributed by atoms with E-state index >= 15 is 0 Å². The summed E-state index contributed by atoms with van der Waals surface area (Å²) in [4.78, 5) is 24.2. The van der Waals surface area contributed by atoms with Gasteiger partial charge in [-0.2, -0.15) is 0 Å². The van der Waals surface area contributed by atoms with Gasteiger partial charge in [-0.25, -0.2) is 0 Å². The highest BCUT2D eigenvalue weighted by Crippen LogP contribution is 2.68. The molecule has 182 valence electrons. The molecule has 0 aromatic heterocycles. The number of hydrogen-bond donors (Lipinski definition) is 0. The van der Waals surface area contributed by atoms with Gasteiger partial charge in [0, 0.05) is 31.8 Å². The predicted molar refractivity (Wildman–Crippen MR) is 123 cm³/mol. The van der Waals surface area contributed by atoms with Gasteiger partial charge in [-0.3, -0.25) is 9.59 Å². The SMILES string of the molecule is COCOC1CC(=O)C[C@H]2CC[C@H]3[C@@H]4CC[C@H]([C@H](C)CCC(=O)OC)[C@@]4(C)CC[C@@H]3[C@@]12C. The van der Waals surface area contributed by atoms with E-state index in [9.17, 15) is 9.59 Å². The molecule has 4 fully saturated rings. The van der Waals surface area contributed by atoms with Crippen LogP contribution in [0.1, 0.15) is 85.0 Å². The number of Topliss-reactive ketones (excluding diaryl/α,β-unsaturated/α-hetero) is 1. The third-order valence-corrected chi connectivity index (χ3v) is 10.7. The van der Waals surface area contributed by atoms with Crippen LogP contribution in [-0.2, 0) is 23.8 Å². The fourth-order valence-electron chi connectivity index (χ4n) is 9.09. The Labute approximate surface area is 194 Å². The van der Waals surface area contributed by atoms with Crippen molar-refractivity contribution in [1.29, 1.82) is 0 Å². The highest BCUT2D eigenvalue weighted by molar-refractivity contribution is 5.80. The van der Waals surface area contributed by atoms with Crippen molar-refractivity contribution in [2.75, 3.05) is 21.0 Å². The second-order valence-corrected chi connectivity index (χ2v) is 11.8. The third kappa shape index (κ3) is 3.96. The molecule has 0 radical (unpaired) electrons. The number of ketones is 1. The quantitative estimate of drug-likeness (QED) is 0.385.